The van der Waals surface area contributed by atoms with Crippen LogP contribution in [0.4, 0.5) is 0 Å². The molecular formula is C24H30N2O3S. The van der Waals surface area contributed by atoms with E-state index in [2.05, 4.69) is 26.0 Å². The third kappa shape index (κ3) is 3.91. The minimum Gasteiger partial charge on any atom is -0.335 e. The SMILES string of the molecule is CC1CC(C)CN(S(=O)(=O)c2cccc(C(=O)N(C)C3CCc4ccccc43)c2)C1. The number of piperidine rings is 1. The van der Waals surface area contributed by atoms with Gasteiger partial charge in [-0.05, 0) is 60.4 Å². The number of carbonyl (C=O) groups excluding carboxylic acids is 1. The molecule has 3 unspecified atom stereocenters. The van der Waals surface area contributed by atoms with Crippen molar-refractivity contribution < 1.29 is 13.2 Å². The highest BCUT2D eigenvalue weighted by Gasteiger charge is 2.33. The smallest absolute Gasteiger partial charge is 0.254 e. The van der Waals surface area contributed by atoms with Gasteiger partial charge in [-0.25, -0.2) is 8.42 Å². The number of aryl methyl sites for hydroxylation is 1. The van der Waals surface area contributed by atoms with Crippen molar-refractivity contribution in [1.82, 2.24) is 9.21 Å². The number of amides is 1. The molecule has 0 radical (unpaired) electrons. The van der Waals surface area contributed by atoms with Crippen molar-refractivity contribution in [1.29, 1.82) is 0 Å². The van der Waals surface area contributed by atoms with Gasteiger partial charge in [0, 0.05) is 25.7 Å². The molecule has 4 rings (SSSR count). The first-order chi connectivity index (χ1) is 14.3. The van der Waals surface area contributed by atoms with Crippen LogP contribution in [-0.4, -0.2) is 43.7 Å². The van der Waals surface area contributed by atoms with Crippen molar-refractivity contribution in [3.8, 4) is 0 Å². The summed E-state index contributed by atoms with van der Waals surface area (Å²) in [5, 5.41) is 0. The number of benzene rings is 2. The number of carbonyl (C=O) groups is 1. The Morgan fingerprint density at radius 1 is 1.03 bits per heavy atom. The summed E-state index contributed by atoms with van der Waals surface area (Å²) < 4.78 is 28.1. The predicted octanol–water partition coefficient (Wildman–Crippen LogP) is 4.11. The van der Waals surface area contributed by atoms with E-state index in [1.54, 1.807) is 33.5 Å². The third-order valence-corrected chi connectivity index (χ3v) is 8.27. The molecule has 5 nitrogen and oxygen atoms in total. The molecule has 3 atom stereocenters. The Kier molecular flexibility index (Phi) is 5.73. The van der Waals surface area contributed by atoms with E-state index in [1.165, 1.54) is 11.1 Å². The Bertz CT molecular complexity index is 1040. The van der Waals surface area contributed by atoms with Crippen LogP contribution >= 0.6 is 0 Å². The number of hydrogen-bond acceptors (Lipinski definition) is 3. The molecule has 1 fully saturated rings. The van der Waals surface area contributed by atoms with E-state index in [-0.39, 0.29) is 16.8 Å². The predicted molar refractivity (Wildman–Crippen MR) is 118 cm³/mol. The molecule has 2 aromatic rings. The minimum absolute atomic E-state index is 0.0257. The molecule has 1 heterocycles. The van der Waals surface area contributed by atoms with E-state index in [1.807, 2.05) is 19.2 Å². The van der Waals surface area contributed by atoms with Gasteiger partial charge in [-0.2, -0.15) is 4.31 Å². The Hall–Kier alpha value is -2.18. The number of rotatable bonds is 4. The fourth-order valence-corrected chi connectivity index (χ4v) is 6.75. The van der Waals surface area contributed by atoms with Crippen LogP contribution in [-0.2, 0) is 16.4 Å². The molecule has 2 aliphatic rings. The number of fused-ring (bicyclic) bond motifs is 1. The lowest BCUT2D eigenvalue weighted by molar-refractivity contribution is 0.0730. The molecule has 30 heavy (non-hydrogen) atoms. The highest BCUT2D eigenvalue weighted by molar-refractivity contribution is 7.89. The lowest BCUT2D eigenvalue weighted by Crippen LogP contribution is -2.42. The highest BCUT2D eigenvalue weighted by Crippen LogP contribution is 2.35. The molecule has 0 N–H and O–H groups in total. The summed E-state index contributed by atoms with van der Waals surface area (Å²) >= 11 is 0. The topological polar surface area (TPSA) is 57.7 Å². The summed E-state index contributed by atoms with van der Waals surface area (Å²) in [5.41, 5.74) is 2.89. The van der Waals surface area contributed by atoms with Crippen LogP contribution in [0, 0.1) is 11.8 Å². The molecule has 1 aliphatic carbocycles. The largest absolute Gasteiger partial charge is 0.335 e. The summed E-state index contributed by atoms with van der Waals surface area (Å²) in [5.74, 6) is 0.526. The molecule has 0 aromatic heterocycles. The number of sulfonamides is 1. The van der Waals surface area contributed by atoms with Crippen LogP contribution < -0.4 is 0 Å². The summed E-state index contributed by atoms with van der Waals surface area (Å²) in [6, 6.07) is 14.8. The zero-order valence-corrected chi connectivity index (χ0v) is 18.7. The molecule has 6 heteroatoms. The number of hydrogen-bond donors (Lipinski definition) is 0. The summed E-state index contributed by atoms with van der Waals surface area (Å²) in [6.45, 7) is 5.24. The lowest BCUT2D eigenvalue weighted by Gasteiger charge is -2.34. The maximum absolute atomic E-state index is 13.2. The van der Waals surface area contributed by atoms with Gasteiger partial charge in [0.05, 0.1) is 10.9 Å². The first-order valence-electron chi connectivity index (χ1n) is 10.7. The van der Waals surface area contributed by atoms with Crippen LogP contribution in [0.2, 0.25) is 0 Å². The molecule has 0 bridgehead atoms. The van der Waals surface area contributed by atoms with Gasteiger partial charge in [-0.1, -0.05) is 44.2 Å². The maximum Gasteiger partial charge on any atom is 0.254 e. The van der Waals surface area contributed by atoms with Crippen molar-refractivity contribution in [3.63, 3.8) is 0 Å². The van der Waals surface area contributed by atoms with Crippen LogP contribution in [0.15, 0.2) is 53.4 Å². The molecule has 1 amide bonds. The summed E-state index contributed by atoms with van der Waals surface area (Å²) in [4.78, 5) is 15.2. The molecule has 0 saturated carbocycles. The van der Waals surface area contributed by atoms with Gasteiger partial charge < -0.3 is 4.90 Å². The van der Waals surface area contributed by atoms with Gasteiger partial charge >= 0.3 is 0 Å². The summed E-state index contributed by atoms with van der Waals surface area (Å²) in [6.07, 6.45) is 2.89. The normalized spacial score (nSPS) is 24.4. The average molecular weight is 427 g/mol. The standard InChI is InChI=1S/C24H30N2O3S/c1-17-13-18(2)16-26(15-17)30(28,29)21-9-6-8-20(14-21)24(27)25(3)23-12-11-19-7-4-5-10-22(19)23/h4-10,14,17-18,23H,11-13,15-16H2,1-3H3. The van der Waals surface area contributed by atoms with Crippen molar-refractivity contribution >= 4 is 15.9 Å². The second-order valence-corrected chi connectivity index (χ2v) is 10.9. The van der Waals surface area contributed by atoms with Gasteiger partial charge in [-0.15, -0.1) is 0 Å². The Balaban J connectivity index is 1.58. The van der Waals surface area contributed by atoms with Gasteiger partial charge in [0.2, 0.25) is 10.0 Å². The zero-order chi connectivity index (χ0) is 21.5. The Morgan fingerprint density at radius 3 is 2.47 bits per heavy atom. The van der Waals surface area contributed by atoms with Crippen molar-refractivity contribution in [2.75, 3.05) is 20.1 Å². The summed E-state index contributed by atoms with van der Waals surface area (Å²) in [7, 11) is -1.80. The van der Waals surface area contributed by atoms with E-state index in [0.29, 0.717) is 30.5 Å². The van der Waals surface area contributed by atoms with Crippen LogP contribution in [0.5, 0.6) is 0 Å². The lowest BCUT2D eigenvalue weighted by atomic mass is 9.94. The van der Waals surface area contributed by atoms with Crippen LogP contribution in [0.25, 0.3) is 0 Å². The zero-order valence-electron chi connectivity index (χ0n) is 17.9. The van der Waals surface area contributed by atoms with Gasteiger partial charge in [0.1, 0.15) is 0 Å². The quantitative estimate of drug-likeness (QED) is 0.739. The molecule has 2 aromatic carbocycles. The first-order valence-corrected chi connectivity index (χ1v) is 12.2. The molecule has 1 aliphatic heterocycles. The van der Waals surface area contributed by atoms with E-state index in [4.69, 9.17) is 0 Å². The Labute approximate surface area is 179 Å². The van der Waals surface area contributed by atoms with E-state index in [0.717, 1.165) is 19.3 Å². The third-order valence-electron chi connectivity index (χ3n) is 6.44. The maximum atomic E-state index is 13.2. The van der Waals surface area contributed by atoms with Gasteiger partial charge in [0.25, 0.3) is 5.91 Å². The fraction of sp³-hybridized carbons (Fsp3) is 0.458. The highest BCUT2D eigenvalue weighted by atomic mass is 32.2. The number of nitrogens with zero attached hydrogens (tertiary/aromatic N) is 2. The van der Waals surface area contributed by atoms with Crippen LogP contribution in [0.1, 0.15) is 54.2 Å². The van der Waals surface area contributed by atoms with Gasteiger partial charge in [-0.3, -0.25) is 4.79 Å². The van der Waals surface area contributed by atoms with Crippen LogP contribution in [0.3, 0.4) is 0 Å². The first kappa shape index (κ1) is 21.1. The van der Waals surface area contributed by atoms with Crippen molar-refractivity contribution in [2.24, 2.45) is 11.8 Å². The second kappa shape index (κ2) is 8.16. The minimum atomic E-state index is -3.61. The average Bonchev–Trinajstić information content (AvgIpc) is 3.16. The molecule has 1 saturated heterocycles. The monoisotopic (exact) mass is 426 g/mol. The fourth-order valence-electron chi connectivity index (χ4n) is 5.02. The van der Waals surface area contributed by atoms with Gasteiger partial charge in [0.15, 0.2) is 0 Å². The van der Waals surface area contributed by atoms with E-state index >= 15 is 0 Å². The van der Waals surface area contributed by atoms with Crippen molar-refractivity contribution in [2.45, 2.75) is 44.0 Å². The van der Waals surface area contributed by atoms with Crippen molar-refractivity contribution in [3.05, 3.63) is 65.2 Å². The molecular weight excluding hydrogens is 396 g/mol. The Morgan fingerprint density at radius 2 is 1.73 bits per heavy atom. The van der Waals surface area contributed by atoms with E-state index < -0.39 is 10.0 Å². The second-order valence-electron chi connectivity index (χ2n) is 8.97. The van der Waals surface area contributed by atoms with E-state index in [9.17, 15) is 13.2 Å². The molecule has 0 spiro atoms. The molecule has 160 valence electrons.